The van der Waals surface area contributed by atoms with Gasteiger partial charge < -0.3 is 14.8 Å². The summed E-state index contributed by atoms with van der Waals surface area (Å²) in [6.07, 6.45) is 4.94. The fourth-order valence-corrected chi connectivity index (χ4v) is 3.05. The molecule has 1 aliphatic rings. The lowest BCUT2D eigenvalue weighted by molar-refractivity contribution is -0.684. The molecule has 0 atom stereocenters. The molecule has 33 heavy (non-hydrogen) atoms. The molecule has 1 aliphatic heterocycles. The number of hydrogen-bond donors (Lipinski definition) is 3. The topological polar surface area (TPSA) is 110 Å². The summed E-state index contributed by atoms with van der Waals surface area (Å²) in [7, 11) is 0. The number of nitrogens with one attached hydrogen (secondary N) is 3. The number of carbonyl (C=O) groups is 3. The Bertz CT molecular complexity index is 1200. The normalized spacial score (nSPS) is 12.1. The first-order valence-electron chi connectivity index (χ1n) is 10.1. The highest BCUT2D eigenvalue weighted by molar-refractivity contribution is 6.05. The summed E-state index contributed by atoms with van der Waals surface area (Å²) in [5.41, 5.74) is 5.62. The van der Waals surface area contributed by atoms with Crippen LogP contribution in [0.2, 0.25) is 0 Å². The van der Waals surface area contributed by atoms with Crippen LogP contribution in [0.1, 0.15) is 15.9 Å². The molecule has 166 valence electrons. The van der Waals surface area contributed by atoms with E-state index >= 15 is 0 Å². The third kappa shape index (κ3) is 5.73. The van der Waals surface area contributed by atoms with Crippen molar-refractivity contribution in [2.75, 3.05) is 6.79 Å². The second-order valence-electron chi connectivity index (χ2n) is 7.04. The second-order valence-corrected chi connectivity index (χ2v) is 7.04. The minimum Gasteiger partial charge on any atom is -0.454 e. The second kappa shape index (κ2) is 10.1. The van der Waals surface area contributed by atoms with Crippen LogP contribution in [-0.2, 0) is 16.1 Å². The number of benzene rings is 2. The fourth-order valence-electron chi connectivity index (χ4n) is 3.05. The number of nitrogens with zero attached hydrogens (tertiary/aromatic N) is 1. The Labute approximate surface area is 189 Å². The van der Waals surface area contributed by atoms with Crippen LogP contribution >= 0.6 is 0 Å². The van der Waals surface area contributed by atoms with Gasteiger partial charge >= 0.3 is 5.91 Å². The lowest BCUT2D eigenvalue weighted by Crippen LogP contribution is -2.50. The smallest absolute Gasteiger partial charge is 0.304 e. The van der Waals surface area contributed by atoms with Crippen LogP contribution in [-0.4, -0.2) is 24.5 Å². The number of hydrogen-bond acceptors (Lipinski definition) is 5. The highest BCUT2D eigenvalue weighted by Crippen LogP contribution is 2.33. The third-order valence-corrected chi connectivity index (χ3v) is 4.66. The standard InChI is InChI=1S/C24H20N4O5/c29-22(15-28-11-5-2-6-12-28)26-27-24(31)19(25-23(30)18-7-3-1-4-8-18)13-17-9-10-20-21(14-17)33-16-32-20/h1-14H,15-16H2,(H2-,25,26,27,29,30,31)/p+1/b19-13+. The van der Waals surface area contributed by atoms with Gasteiger partial charge in [0, 0.05) is 17.7 Å². The summed E-state index contributed by atoms with van der Waals surface area (Å²) < 4.78 is 12.3. The number of fused-ring (bicyclic) bond motifs is 1. The monoisotopic (exact) mass is 445 g/mol. The molecule has 3 amide bonds. The Hall–Kier alpha value is -4.66. The van der Waals surface area contributed by atoms with E-state index in [-0.39, 0.29) is 19.0 Å². The van der Waals surface area contributed by atoms with Crippen molar-refractivity contribution in [2.24, 2.45) is 0 Å². The van der Waals surface area contributed by atoms with Crippen LogP contribution in [0.3, 0.4) is 0 Å². The van der Waals surface area contributed by atoms with E-state index < -0.39 is 17.7 Å². The molecule has 0 saturated carbocycles. The summed E-state index contributed by atoms with van der Waals surface area (Å²) in [6, 6.07) is 19.0. The van der Waals surface area contributed by atoms with Crippen molar-refractivity contribution in [1.82, 2.24) is 16.2 Å². The van der Waals surface area contributed by atoms with Gasteiger partial charge in [-0.3, -0.25) is 25.2 Å². The van der Waals surface area contributed by atoms with Crippen molar-refractivity contribution in [1.29, 1.82) is 0 Å². The van der Waals surface area contributed by atoms with E-state index in [1.54, 1.807) is 77.6 Å². The van der Waals surface area contributed by atoms with Gasteiger partial charge in [0.05, 0.1) is 0 Å². The zero-order chi connectivity index (χ0) is 23.0. The van der Waals surface area contributed by atoms with Gasteiger partial charge in [0.25, 0.3) is 11.8 Å². The van der Waals surface area contributed by atoms with E-state index in [0.717, 1.165) is 0 Å². The fraction of sp³-hybridized carbons (Fsp3) is 0.0833. The van der Waals surface area contributed by atoms with Crippen molar-refractivity contribution >= 4 is 23.8 Å². The third-order valence-electron chi connectivity index (χ3n) is 4.66. The van der Waals surface area contributed by atoms with Gasteiger partial charge in [0.2, 0.25) is 13.3 Å². The zero-order valence-electron chi connectivity index (χ0n) is 17.5. The maximum Gasteiger partial charge on any atom is 0.304 e. The quantitative estimate of drug-likeness (QED) is 0.301. The molecule has 3 aromatic rings. The summed E-state index contributed by atoms with van der Waals surface area (Å²) >= 11 is 0. The number of amides is 3. The average Bonchev–Trinajstić information content (AvgIpc) is 3.31. The predicted molar refractivity (Wildman–Crippen MR) is 117 cm³/mol. The molecule has 0 aliphatic carbocycles. The zero-order valence-corrected chi connectivity index (χ0v) is 17.5. The van der Waals surface area contributed by atoms with Crippen LogP contribution in [0, 0.1) is 0 Å². The van der Waals surface area contributed by atoms with Crippen LogP contribution in [0.5, 0.6) is 11.5 Å². The number of aromatic nitrogens is 1. The van der Waals surface area contributed by atoms with Crippen molar-refractivity contribution < 1.29 is 28.4 Å². The maximum absolute atomic E-state index is 12.8. The number of hydrazine groups is 1. The first-order chi connectivity index (χ1) is 16.1. The summed E-state index contributed by atoms with van der Waals surface area (Å²) in [5, 5.41) is 2.60. The van der Waals surface area contributed by atoms with Gasteiger partial charge in [-0.15, -0.1) is 0 Å². The molecular formula is C24H21N4O5+. The van der Waals surface area contributed by atoms with Gasteiger partial charge in [-0.05, 0) is 35.9 Å². The molecule has 9 heteroatoms. The average molecular weight is 445 g/mol. The van der Waals surface area contributed by atoms with Gasteiger partial charge in [-0.1, -0.05) is 30.3 Å². The minimum absolute atomic E-state index is 0.0126. The van der Waals surface area contributed by atoms with E-state index in [1.165, 1.54) is 6.08 Å². The van der Waals surface area contributed by atoms with Crippen molar-refractivity contribution in [3.8, 4) is 11.5 Å². The molecule has 0 fully saturated rings. The first-order valence-corrected chi connectivity index (χ1v) is 10.1. The lowest BCUT2D eigenvalue weighted by Gasteiger charge is -2.12. The highest BCUT2D eigenvalue weighted by Gasteiger charge is 2.18. The molecule has 2 heterocycles. The Morgan fingerprint density at radius 2 is 1.61 bits per heavy atom. The summed E-state index contributed by atoms with van der Waals surface area (Å²) in [6.45, 7) is 0.130. The molecule has 0 unspecified atom stereocenters. The Balaban J connectivity index is 1.49. The predicted octanol–water partition coefficient (Wildman–Crippen LogP) is 1.32. The van der Waals surface area contributed by atoms with E-state index in [2.05, 4.69) is 16.2 Å². The van der Waals surface area contributed by atoms with Crippen molar-refractivity contribution in [2.45, 2.75) is 6.54 Å². The summed E-state index contributed by atoms with van der Waals surface area (Å²) in [4.78, 5) is 37.7. The lowest BCUT2D eigenvalue weighted by atomic mass is 10.1. The van der Waals surface area contributed by atoms with E-state index in [1.807, 2.05) is 6.07 Å². The van der Waals surface area contributed by atoms with Crippen LogP contribution in [0.15, 0.2) is 84.8 Å². The molecule has 0 bridgehead atoms. The number of rotatable bonds is 6. The van der Waals surface area contributed by atoms with Crippen LogP contribution in [0.25, 0.3) is 6.08 Å². The van der Waals surface area contributed by atoms with Gasteiger partial charge in [0.1, 0.15) is 5.70 Å². The molecule has 0 saturated heterocycles. The molecule has 0 spiro atoms. The number of pyridine rings is 1. The van der Waals surface area contributed by atoms with Gasteiger partial charge in [0.15, 0.2) is 23.9 Å². The number of ether oxygens (including phenoxy) is 2. The van der Waals surface area contributed by atoms with Gasteiger partial charge in [-0.25, -0.2) is 0 Å². The molecular weight excluding hydrogens is 424 g/mol. The van der Waals surface area contributed by atoms with Gasteiger partial charge in [-0.2, -0.15) is 4.57 Å². The largest absolute Gasteiger partial charge is 0.454 e. The Kier molecular flexibility index (Phi) is 6.60. The maximum atomic E-state index is 12.8. The molecule has 9 nitrogen and oxygen atoms in total. The van der Waals surface area contributed by atoms with E-state index in [4.69, 9.17) is 9.47 Å². The van der Waals surface area contributed by atoms with Crippen LogP contribution < -0.4 is 30.2 Å². The Morgan fingerprint density at radius 1 is 0.879 bits per heavy atom. The molecule has 0 radical (unpaired) electrons. The molecule has 2 aromatic carbocycles. The van der Waals surface area contributed by atoms with Crippen molar-refractivity contribution in [3.05, 3.63) is 95.9 Å². The Morgan fingerprint density at radius 3 is 2.39 bits per heavy atom. The highest BCUT2D eigenvalue weighted by atomic mass is 16.7. The SMILES string of the molecule is O=C(C[n+]1ccccc1)NNC(=O)/C(=C\c1ccc2c(c1)OCO2)NC(=O)c1ccccc1. The van der Waals surface area contributed by atoms with E-state index in [9.17, 15) is 14.4 Å². The molecule has 1 aromatic heterocycles. The number of carbonyl (C=O) groups excluding carboxylic acids is 3. The van der Waals surface area contributed by atoms with E-state index in [0.29, 0.717) is 22.6 Å². The first kappa shape index (κ1) is 21.6. The molecule has 4 rings (SSSR count). The van der Waals surface area contributed by atoms with Crippen molar-refractivity contribution in [3.63, 3.8) is 0 Å². The minimum atomic E-state index is -0.691. The van der Waals surface area contributed by atoms with Crippen LogP contribution in [0.4, 0.5) is 0 Å². The summed E-state index contributed by atoms with van der Waals surface area (Å²) in [5.74, 6) is -0.466. The molecule has 3 N–H and O–H groups in total.